The molecule has 2 saturated carbocycles. The van der Waals surface area contributed by atoms with Gasteiger partial charge < -0.3 is 10.3 Å². The number of hydrogen-bond acceptors (Lipinski definition) is 2. The molecular weight excluding hydrogens is 224 g/mol. The average Bonchev–Trinajstić information content (AvgIpc) is 2.86. The van der Waals surface area contributed by atoms with E-state index in [1.807, 2.05) is 0 Å². The van der Waals surface area contributed by atoms with Gasteiger partial charge in [0.1, 0.15) is 5.82 Å². The molecule has 2 aliphatic rings. The molecule has 0 spiro atoms. The van der Waals surface area contributed by atoms with Crippen LogP contribution < -0.4 is 5.32 Å². The Morgan fingerprint density at radius 1 is 1.41 bits per heavy atom. The van der Waals surface area contributed by atoms with Crippen LogP contribution in [0.15, 0.2) is 6.20 Å². The Labute approximate surface area is 99.0 Å². The standard InChI is InChI=1S/C12H17F2N3/c13-12(14)4-3-8(5-12)11-16-7-10(17-11)6-15-9-1-2-9/h7-9,15H,1-6H2,(H,16,17). The van der Waals surface area contributed by atoms with Crippen molar-refractivity contribution in [1.29, 1.82) is 0 Å². The van der Waals surface area contributed by atoms with Crippen LogP contribution in [0, 0.1) is 0 Å². The Hall–Kier alpha value is -0.970. The highest BCUT2D eigenvalue weighted by Gasteiger charge is 2.41. The maximum atomic E-state index is 13.1. The van der Waals surface area contributed by atoms with Gasteiger partial charge in [-0.05, 0) is 19.3 Å². The summed E-state index contributed by atoms with van der Waals surface area (Å²) in [6, 6.07) is 0.651. The molecule has 2 fully saturated rings. The Morgan fingerprint density at radius 2 is 2.24 bits per heavy atom. The fourth-order valence-electron chi connectivity index (χ4n) is 2.40. The van der Waals surface area contributed by atoms with E-state index in [-0.39, 0.29) is 18.8 Å². The Bertz CT molecular complexity index is 398. The van der Waals surface area contributed by atoms with Gasteiger partial charge in [0, 0.05) is 43.2 Å². The highest BCUT2D eigenvalue weighted by Crippen LogP contribution is 2.43. The number of aromatic amines is 1. The maximum absolute atomic E-state index is 13.1. The lowest BCUT2D eigenvalue weighted by atomic mass is 10.1. The van der Waals surface area contributed by atoms with Gasteiger partial charge in [0.2, 0.25) is 5.92 Å². The zero-order valence-corrected chi connectivity index (χ0v) is 9.68. The number of imidazole rings is 1. The monoisotopic (exact) mass is 241 g/mol. The van der Waals surface area contributed by atoms with Crippen molar-refractivity contribution >= 4 is 0 Å². The molecule has 0 aliphatic heterocycles. The Morgan fingerprint density at radius 3 is 2.88 bits per heavy atom. The summed E-state index contributed by atoms with van der Waals surface area (Å²) in [5.41, 5.74) is 1.00. The van der Waals surface area contributed by atoms with Crippen molar-refractivity contribution in [1.82, 2.24) is 15.3 Å². The number of halogens is 2. The first-order valence-corrected chi connectivity index (χ1v) is 6.27. The molecule has 2 N–H and O–H groups in total. The van der Waals surface area contributed by atoms with E-state index in [0.29, 0.717) is 12.5 Å². The van der Waals surface area contributed by atoms with E-state index >= 15 is 0 Å². The molecule has 1 atom stereocenters. The van der Waals surface area contributed by atoms with Crippen molar-refractivity contribution in [3.63, 3.8) is 0 Å². The third-order valence-electron chi connectivity index (χ3n) is 3.60. The molecule has 3 nitrogen and oxygen atoms in total. The molecule has 1 aromatic rings. The molecule has 1 unspecified atom stereocenters. The zero-order valence-electron chi connectivity index (χ0n) is 9.68. The van der Waals surface area contributed by atoms with Gasteiger partial charge in [-0.3, -0.25) is 0 Å². The topological polar surface area (TPSA) is 40.7 Å². The van der Waals surface area contributed by atoms with Gasteiger partial charge in [-0.2, -0.15) is 0 Å². The van der Waals surface area contributed by atoms with E-state index in [1.165, 1.54) is 12.8 Å². The molecule has 94 valence electrons. The minimum Gasteiger partial charge on any atom is -0.345 e. The first-order valence-electron chi connectivity index (χ1n) is 6.27. The predicted molar refractivity (Wildman–Crippen MR) is 60.0 cm³/mol. The molecule has 0 radical (unpaired) electrons. The van der Waals surface area contributed by atoms with Crippen molar-refractivity contribution in [3.05, 3.63) is 17.7 Å². The lowest BCUT2D eigenvalue weighted by Crippen LogP contribution is -2.15. The van der Waals surface area contributed by atoms with Crippen molar-refractivity contribution in [3.8, 4) is 0 Å². The van der Waals surface area contributed by atoms with Gasteiger partial charge in [0.05, 0.1) is 0 Å². The van der Waals surface area contributed by atoms with Crippen molar-refractivity contribution in [2.75, 3.05) is 0 Å². The minimum absolute atomic E-state index is 0.00593. The summed E-state index contributed by atoms with van der Waals surface area (Å²) in [7, 11) is 0. The zero-order chi connectivity index (χ0) is 11.9. The van der Waals surface area contributed by atoms with Gasteiger partial charge >= 0.3 is 0 Å². The molecule has 17 heavy (non-hydrogen) atoms. The van der Waals surface area contributed by atoms with Crippen LogP contribution >= 0.6 is 0 Å². The lowest BCUT2D eigenvalue weighted by Gasteiger charge is -2.07. The Kier molecular flexibility index (Phi) is 2.65. The summed E-state index contributed by atoms with van der Waals surface area (Å²) >= 11 is 0. The number of nitrogens with one attached hydrogen (secondary N) is 2. The third kappa shape index (κ3) is 2.65. The minimum atomic E-state index is -2.50. The second-order valence-electron chi connectivity index (χ2n) is 5.24. The fourth-order valence-corrected chi connectivity index (χ4v) is 2.40. The van der Waals surface area contributed by atoms with Crippen molar-refractivity contribution < 1.29 is 8.78 Å². The summed E-state index contributed by atoms with van der Waals surface area (Å²) in [4.78, 5) is 7.40. The van der Waals surface area contributed by atoms with Gasteiger partial charge in [0.15, 0.2) is 0 Å². The normalized spacial score (nSPS) is 27.5. The summed E-state index contributed by atoms with van der Waals surface area (Å²) < 4.78 is 26.2. The second-order valence-corrected chi connectivity index (χ2v) is 5.24. The molecule has 2 aliphatic carbocycles. The van der Waals surface area contributed by atoms with Crippen LogP contribution in [-0.2, 0) is 6.54 Å². The van der Waals surface area contributed by atoms with E-state index in [1.54, 1.807) is 6.20 Å². The molecule has 0 bridgehead atoms. The molecule has 0 aromatic carbocycles. The second kappa shape index (κ2) is 4.05. The summed E-state index contributed by atoms with van der Waals surface area (Å²) in [5.74, 6) is -1.86. The van der Waals surface area contributed by atoms with Gasteiger partial charge in [-0.1, -0.05) is 0 Å². The first kappa shape index (κ1) is 11.1. The van der Waals surface area contributed by atoms with Crippen LogP contribution in [0.2, 0.25) is 0 Å². The average molecular weight is 241 g/mol. The fraction of sp³-hybridized carbons (Fsp3) is 0.750. The number of rotatable bonds is 4. The smallest absolute Gasteiger partial charge is 0.248 e. The van der Waals surface area contributed by atoms with E-state index in [4.69, 9.17) is 0 Å². The van der Waals surface area contributed by atoms with E-state index < -0.39 is 5.92 Å². The van der Waals surface area contributed by atoms with E-state index in [2.05, 4.69) is 15.3 Å². The number of aromatic nitrogens is 2. The van der Waals surface area contributed by atoms with E-state index in [0.717, 1.165) is 18.1 Å². The number of alkyl halides is 2. The van der Waals surface area contributed by atoms with E-state index in [9.17, 15) is 8.78 Å². The predicted octanol–water partition coefficient (Wildman–Crippen LogP) is 2.56. The third-order valence-corrected chi connectivity index (χ3v) is 3.60. The highest BCUT2D eigenvalue weighted by molar-refractivity contribution is 5.09. The van der Waals surface area contributed by atoms with Gasteiger partial charge in [-0.25, -0.2) is 13.8 Å². The van der Waals surface area contributed by atoms with Crippen LogP contribution in [0.25, 0.3) is 0 Å². The van der Waals surface area contributed by atoms with Gasteiger partial charge in [-0.15, -0.1) is 0 Å². The first-order chi connectivity index (χ1) is 8.12. The van der Waals surface area contributed by atoms with Crippen LogP contribution in [0.3, 0.4) is 0 Å². The number of hydrogen-bond donors (Lipinski definition) is 2. The molecule has 0 amide bonds. The maximum Gasteiger partial charge on any atom is 0.248 e. The summed E-state index contributed by atoms with van der Waals surface area (Å²) in [6.07, 6.45) is 4.73. The summed E-state index contributed by atoms with van der Waals surface area (Å²) in [6.45, 7) is 0.765. The number of nitrogens with zero attached hydrogens (tertiary/aromatic N) is 1. The SMILES string of the molecule is FC1(F)CCC(c2ncc(CNC3CC3)[nH]2)C1. The molecule has 0 saturated heterocycles. The van der Waals surface area contributed by atoms with Crippen LogP contribution in [0.1, 0.15) is 49.5 Å². The highest BCUT2D eigenvalue weighted by atomic mass is 19.3. The van der Waals surface area contributed by atoms with Crippen molar-refractivity contribution in [2.45, 2.75) is 56.5 Å². The van der Waals surface area contributed by atoms with Crippen LogP contribution in [-0.4, -0.2) is 21.9 Å². The largest absolute Gasteiger partial charge is 0.345 e. The molecule has 1 aromatic heterocycles. The summed E-state index contributed by atoms with van der Waals surface area (Å²) in [5, 5.41) is 3.37. The van der Waals surface area contributed by atoms with Gasteiger partial charge in [0.25, 0.3) is 0 Å². The molecule has 5 heteroatoms. The Balaban J connectivity index is 1.59. The molecular formula is C12H17F2N3. The van der Waals surface area contributed by atoms with Crippen LogP contribution in [0.5, 0.6) is 0 Å². The number of H-pyrrole nitrogens is 1. The van der Waals surface area contributed by atoms with Crippen LogP contribution in [0.4, 0.5) is 8.78 Å². The van der Waals surface area contributed by atoms with Crippen molar-refractivity contribution in [2.24, 2.45) is 0 Å². The molecule has 1 heterocycles. The molecule has 3 rings (SSSR count). The quantitative estimate of drug-likeness (QED) is 0.850. The lowest BCUT2D eigenvalue weighted by molar-refractivity contribution is 0.00756.